The summed E-state index contributed by atoms with van der Waals surface area (Å²) in [6, 6.07) is 7.56. The van der Waals surface area contributed by atoms with E-state index in [1.807, 2.05) is 6.07 Å². The second-order valence-corrected chi connectivity index (χ2v) is 9.88. The summed E-state index contributed by atoms with van der Waals surface area (Å²) in [6.45, 7) is 6.19. The number of likely N-dealkylation sites (N-methyl/N-ethyl adjacent to an activating group) is 1. The lowest BCUT2D eigenvalue weighted by atomic mass is 10.1. The van der Waals surface area contributed by atoms with E-state index >= 15 is 0 Å². The number of fused-ring (bicyclic) bond motifs is 2. The molecule has 10 heteroatoms. The van der Waals surface area contributed by atoms with Crippen molar-refractivity contribution in [1.82, 2.24) is 19.7 Å². The molecule has 0 bridgehead atoms. The van der Waals surface area contributed by atoms with Crippen molar-refractivity contribution >= 4 is 49.7 Å². The largest absolute Gasteiger partial charge is 0.473 e. The summed E-state index contributed by atoms with van der Waals surface area (Å²) in [5.74, 6) is -0.838. The van der Waals surface area contributed by atoms with Crippen LogP contribution in [-0.4, -0.2) is 64.9 Å². The van der Waals surface area contributed by atoms with Gasteiger partial charge in [-0.15, -0.1) is 0 Å². The van der Waals surface area contributed by atoms with Crippen LogP contribution in [0.2, 0.25) is 0 Å². The van der Waals surface area contributed by atoms with Crippen LogP contribution in [0.25, 0.3) is 21.1 Å². The molecule has 2 aromatic heterocycles. The third kappa shape index (κ3) is 3.86. The highest BCUT2D eigenvalue weighted by Gasteiger charge is 2.29. The predicted octanol–water partition coefficient (Wildman–Crippen LogP) is 4.11. The number of hydrogen-bond donors (Lipinski definition) is 1. The second-order valence-electron chi connectivity index (χ2n) is 8.92. The Morgan fingerprint density at radius 2 is 1.91 bits per heavy atom. The molecule has 5 rings (SSSR count). The number of aromatic nitrogens is 3. The summed E-state index contributed by atoms with van der Waals surface area (Å²) in [5, 5.41) is 8.05. The van der Waals surface area contributed by atoms with Gasteiger partial charge in [0.05, 0.1) is 23.1 Å². The van der Waals surface area contributed by atoms with Gasteiger partial charge in [0.2, 0.25) is 0 Å². The number of carbonyl (C=O) groups is 1. The molecule has 1 saturated heterocycles. The third-order valence-corrected chi connectivity index (χ3v) is 7.60. The maximum atomic E-state index is 14.5. The number of hydrogen-bond acceptors (Lipinski definition) is 7. The molecular formula is C24H27FN6O2S. The summed E-state index contributed by atoms with van der Waals surface area (Å²) < 4.78 is 22.4. The monoisotopic (exact) mass is 482 g/mol. The molecule has 2 aromatic carbocycles. The molecular weight excluding hydrogens is 455 g/mol. The molecule has 1 amide bonds. The van der Waals surface area contributed by atoms with E-state index in [-0.39, 0.29) is 11.4 Å². The summed E-state index contributed by atoms with van der Waals surface area (Å²) in [5.41, 5.74) is 2.68. The van der Waals surface area contributed by atoms with E-state index in [9.17, 15) is 9.18 Å². The Morgan fingerprint density at radius 1 is 1.18 bits per heavy atom. The van der Waals surface area contributed by atoms with Crippen molar-refractivity contribution in [3.8, 4) is 5.19 Å². The molecule has 0 spiro atoms. The molecule has 1 fully saturated rings. The fourth-order valence-corrected chi connectivity index (χ4v) is 5.53. The summed E-state index contributed by atoms with van der Waals surface area (Å²) in [4.78, 5) is 22.6. The number of anilines is 2. The van der Waals surface area contributed by atoms with Crippen molar-refractivity contribution in [2.45, 2.75) is 25.9 Å². The molecule has 1 N–H and O–H groups in total. The van der Waals surface area contributed by atoms with Crippen molar-refractivity contribution in [1.29, 1.82) is 0 Å². The van der Waals surface area contributed by atoms with E-state index in [2.05, 4.69) is 46.1 Å². The zero-order valence-electron chi connectivity index (χ0n) is 19.8. The number of benzene rings is 2. The summed E-state index contributed by atoms with van der Waals surface area (Å²) >= 11 is 1.43. The lowest BCUT2D eigenvalue weighted by Crippen LogP contribution is -2.55. The molecule has 2 atom stereocenters. The average Bonchev–Trinajstić information content (AvgIpc) is 3.39. The Hall–Kier alpha value is -3.24. The van der Waals surface area contributed by atoms with Crippen LogP contribution in [-0.2, 0) is 7.05 Å². The van der Waals surface area contributed by atoms with Crippen LogP contribution in [0.5, 0.6) is 5.19 Å². The first kappa shape index (κ1) is 22.5. The van der Waals surface area contributed by atoms with Gasteiger partial charge in [-0.1, -0.05) is 11.3 Å². The van der Waals surface area contributed by atoms with E-state index < -0.39 is 5.82 Å². The number of aryl methyl sites for hydroxylation is 1. The molecule has 0 radical (unpaired) electrons. The Morgan fingerprint density at radius 3 is 2.62 bits per heavy atom. The van der Waals surface area contributed by atoms with Crippen molar-refractivity contribution in [3.05, 3.63) is 41.8 Å². The van der Waals surface area contributed by atoms with Gasteiger partial charge in [-0.2, -0.15) is 5.10 Å². The first-order valence-corrected chi connectivity index (χ1v) is 12.0. The number of methoxy groups -OCH3 is 1. The topological polar surface area (TPSA) is 75.5 Å². The van der Waals surface area contributed by atoms with Crippen LogP contribution in [0.3, 0.4) is 0 Å². The highest BCUT2D eigenvalue weighted by atomic mass is 32.1. The molecule has 178 valence electrons. The fraction of sp³-hybridized carbons (Fsp3) is 0.375. The van der Waals surface area contributed by atoms with E-state index in [1.54, 1.807) is 37.2 Å². The molecule has 0 unspecified atom stereocenters. The lowest BCUT2D eigenvalue weighted by Gasteiger charge is -2.43. The van der Waals surface area contributed by atoms with E-state index in [1.165, 1.54) is 17.4 Å². The van der Waals surface area contributed by atoms with Gasteiger partial charge >= 0.3 is 0 Å². The highest BCUT2D eigenvalue weighted by molar-refractivity contribution is 7.21. The minimum atomic E-state index is -0.484. The Kier molecular flexibility index (Phi) is 5.65. The standard InChI is InChI=1S/C24H27FN6O2S/c1-13-10-31(11-14(2)30(13)4)19-7-6-17(21-22(19)34-24(27-21)33-5)23(32)26-16-8-15-12-29(3)28-20(15)18(25)9-16/h6-9,12-14H,10-11H2,1-5H3,(H,26,32)/t13-,14+. The number of nitrogens with one attached hydrogen (secondary N) is 1. The molecule has 0 aliphatic carbocycles. The van der Waals surface area contributed by atoms with Gasteiger partial charge in [-0.05, 0) is 45.2 Å². The quantitative estimate of drug-likeness (QED) is 0.472. The Bertz CT molecular complexity index is 1390. The van der Waals surface area contributed by atoms with E-state index in [0.717, 1.165) is 23.5 Å². The number of amides is 1. The summed E-state index contributed by atoms with van der Waals surface area (Å²) in [6.07, 6.45) is 1.71. The van der Waals surface area contributed by atoms with Gasteiger partial charge in [-0.25, -0.2) is 9.37 Å². The number of nitrogens with zero attached hydrogens (tertiary/aromatic N) is 5. The molecule has 1 aliphatic rings. The van der Waals surface area contributed by atoms with Crippen molar-refractivity contribution < 1.29 is 13.9 Å². The van der Waals surface area contributed by atoms with Crippen LogP contribution < -0.4 is 15.0 Å². The van der Waals surface area contributed by atoms with Crippen LogP contribution in [0.15, 0.2) is 30.5 Å². The smallest absolute Gasteiger partial charge is 0.274 e. The first-order chi connectivity index (χ1) is 16.2. The molecule has 34 heavy (non-hydrogen) atoms. The number of rotatable bonds is 4. The average molecular weight is 483 g/mol. The number of carbonyl (C=O) groups excluding carboxylic acids is 1. The predicted molar refractivity (Wildman–Crippen MR) is 134 cm³/mol. The van der Waals surface area contributed by atoms with Crippen LogP contribution in [0.4, 0.5) is 15.8 Å². The zero-order valence-corrected chi connectivity index (χ0v) is 20.6. The number of ether oxygens (including phenoxy) is 1. The van der Waals surface area contributed by atoms with Gasteiger partial charge in [0.15, 0.2) is 5.82 Å². The van der Waals surface area contributed by atoms with Gasteiger partial charge in [0.1, 0.15) is 11.0 Å². The fourth-order valence-electron chi connectivity index (χ4n) is 4.58. The maximum absolute atomic E-state index is 14.5. The van der Waals surface area contributed by atoms with E-state index in [0.29, 0.717) is 39.4 Å². The van der Waals surface area contributed by atoms with E-state index in [4.69, 9.17) is 4.74 Å². The Balaban J connectivity index is 1.51. The Labute approximate surface area is 200 Å². The molecule has 4 aromatic rings. The minimum Gasteiger partial charge on any atom is -0.473 e. The lowest BCUT2D eigenvalue weighted by molar-refractivity contribution is 0.102. The normalized spacial score (nSPS) is 19.2. The molecule has 0 saturated carbocycles. The maximum Gasteiger partial charge on any atom is 0.274 e. The number of halogens is 1. The third-order valence-electron chi connectivity index (χ3n) is 6.56. The van der Waals surface area contributed by atoms with Gasteiger partial charge in [-0.3, -0.25) is 14.4 Å². The van der Waals surface area contributed by atoms with Gasteiger partial charge < -0.3 is 15.0 Å². The van der Waals surface area contributed by atoms with Crippen LogP contribution in [0.1, 0.15) is 24.2 Å². The second kappa shape index (κ2) is 8.52. The van der Waals surface area contributed by atoms with Gasteiger partial charge in [0.25, 0.3) is 11.1 Å². The minimum absolute atomic E-state index is 0.270. The SMILES string of the molecule is COc1nc2c(C(=O)Nc3cc(F)c4nn(C)cc4c3)ccc(N3C[C@@H](C)N(C)[C@@H](C)C3)c2s1. The highest BCUT2D eigenvalue weighted by Crippen LogP contribution is 2.38. The van der Waals surface area contributed by atoms with Gasteiger partial charge in [0, 0.05) is 49.5 Å². The number of thiazole rings is 1. The molecule has 3 heterocycles. The summed E-state index contributed by atoms with van der Waals surface area (Å²) in [7, 11) is 5.45. The van der Waals surface area contributed by atoms with Crippen LogP contribution >= 0.6 is 11.3 Å². The van der Waals surface area contributed by atoms with Crippen LogP contribution in [0, 0.1) is 5.82 Å². The zero-order chi connectivity index (χ0) is 24.1. The number of piperazine rings is 1. The van der Waals surface area contributed by atoms with Crippen molar-refractivity contribution in [2.75, 3.05) is 37.5 Å². The molecule has 1 aliphatic heterocycles. The molecule has 8 nitrogen and oxygen atoms in total. The first-order valence-electron chi connectivity index (χ1n) is 11.1. The van der Waals surface area contributed by atoms with Crippen molar-refractivity contribution in [2.24, 2.45) is 7.05 Å². The van der Waals surface area contributed by atoms with Crippen molar-refractivity contribution in [3.63, 3.8) is 0 Å².